The van der Waals surface area contributed by atoms with Crippen molar-refractivity contribution in [1.82, 2.24) is 0 Å². The van der Waals surface area contributed by atoms with E-state index < -0.39 is 6.43 Å². The summed E-state index contributed by atoms with van der Waals surface area (Å²) < 4.78 is 29.3. The van der Waals surface area contributed by atoms with Gasteiger partial charge in [0, 0.05) is 5.56 Å². The Kier molecular flexibility index (Phi) is 5.33. The molecule has 0 aliphatic carbocycles. The molecule has 1 aromatic carbocycles. The Morgan fingerprint density at radius 3 is 2.53 bits per heavy atom. The average Bonchev–Trinajstić information content (AvgIpc) is 2.30. The average molecular weight is 240 g/mol. The summed E-state index contributed by atoms with van der Waals surface area (Å²) in [4.78, 5) is 11.0. The van der Waals surface area contributed by atoms with Crippen molar-refractivity contribution < 1.29 is 18.3 Å². The van der Waals surface area contributed by atoms with Crippen LogP contribution in [0.15, 0.2) is 30.3 Å². The van der Waals surface area contributed by atoms with Gasteiger partial charge in [-0.2, -0.15) is 0 Å². The van der Waals surface area contributed by atoms with Crippen LogP contribution in [0.2, 0.25) is 0 Å². The maximum Gasteiger partial charge on any atom is 0.309 e. The maximum absolute atomic E-state index is 12.3. The lowest BCUT2D eigenvalue weighted by molar-refractivity contribution is -0.142. The van der Waals surface area contributed by atoms with Crippen molar-refractivity contribution in [2.24, 2.45) is 0 Å². The Labute approximate surface area is 98.9 Å². The van der Waals surface area contributed by atoms with Gasteiger partial charge in [0.1, 0.15) is 0 Å². The van der Waals surface area contributed by atoms with Gasteiger partial charge in [-0.1, -0.05) is 36.4 Å². The Balaban J connectivity index is 2.51. The van der Waals surface area contributed by atoms with Gasteiger partial charge in [-0.15, -0.1) is 0 Å². The first-order valence-electron chi connectivity index (χ1n) is 5.33. The van der Waals surface area contributed by atoms with E-state index in [0.29, 0.717) is 6.61 Å². The molecule has 0 aromatic heterocycles. The largest absolute Gasteiger partial charge is 0.466 e. The van der Waals surface area contributed by atoms with Gasteiger partial charge in [0.15, 0.2) is 0 Å². The number of ether oxygens (including phenoxy) is 1. The Hall–Kier alpha value is -1.71. The van der Waals surface area contributed by atoms with Crippen LogP contribution in [-0.4, -0.2) is 12.6 Å². The van der Waals surface area contributed by atoms with Crippen molar-refractivity contribution in [3.8, 4) is 0 Å². The fourth-order valence-corrected chi connectivity index (χ4v) is 1.26. The second-order valence-electron chi connectivity index (χ2n) is 3.38. The molecule has 0 unspecified atom stereocenters. The molecule has 0 fully saturated rings. The van der Waals surface area contributed by atoms with Crippen molar-refractivity contribution in [3.05, 3.63) is 41.5 Å². The topological polar surface area (TPSA) is 26.3 Å². The van der Waals surface area contributed by atoms with E-state index >= 15 is 0 Å². The van der Waals surface area contributed by atoms with E-state index in [0.717, 1.165) is 5.56 Å². The molecule has 4 heteroatoms. The first-order chi connectivity index (χ1) is 8.13. The van der Waals surface area contributed by atoms with Gasteiger partial charge in [0.2, 0.25) is 0 Å². The summed E-state index contributed by atoms with van der Waals surface area (Å²) in [7, 11) is 0. The SMILES string of the molecule is CCOC(=O)CC=Cc1ccc(C(F)F)cc1. The van der Waals surface area contributed by atoms with Crippen LogP contribution in [-0.2, 0) is 9.53 Å². The van der Waals surface area contributed by atoms with Crippen LogP contribution in [0.3, 0.4) is 0 Å². The highest BCUT2D eigenvalue weighted by Gasteiger charge is 2.04. The van der Waals surface area contributed by atoms with Gasteiger partial charge in [0.05, 0.1) is 13.0 Å². The Bertz CT molecular complexity index is 383. The number of rotatable bonds is 5. The van der Waals surface area contributed by atoms with Gasteiger partial charge in [-0.25, -0.2) is 8.78 Å². The maximum atomic E-state index is 12.3. The Morgan fingerprint density at radius 1 is 1.35 bits per heavy atom. The molecule has 0 aliphatic rings. The lowest BCUT2D eigenvalue weighted by Gasteiger charge is -1.99. The number of alkyl halides is 2. The lowest BCUT2D eigenvalue weighted by Crippen LogP contribution is -2.01. The molecule has 0 amide bonds. The highest BCUT2D eigenvalue weighted by atomic mass is 19.3. The van der Waals surface area contributed by atoms with Crippen molar-refractivity contribution in [2.45, 2.75) is 19.8 Å². The smallest absolute Gasteiger partial charge is 0.309 e. The monoisotopic (exact) mass is 240 g/mol. The number of carbonyl (C=O) groups is 1. The molecule has 0 radical (unpaired) electrons. The van der Waals surface area contributed by atoms with Gasteiger partial charge in [-0.3, -0.25) is 4.79 Å². The van der Waals surface area contributed by atoms with E-state index in [9.17, 15) is 13.6 Å². The van der Waals surface area contributed by atoms with Crippen LogP contribution < -0.4 is 0 Å². The van der Waals surface area contributed by atoms with Crippen LogP contribution in [0.5, 0.6) is 0 Å². The molecule has 17 heavy (non-hydrogen) atoms. The Morgan fingerprint density at radius 2 is 2.00 bits per heavy atom. The normalized spacial score (nSPS) is 11.1. The minimum atomic E-state index is -2.45. The fraction of sp³-hybridized carbons (Fsp3) is 0.308. The third-order valence-corrected chi connectivity index (χ3v) is 2.09. The summed E-state index contributed by atoms with van der Waals surface area (Å²) in [5.74, 6) is -0.298. The predicted molar refractivity (Wildman–Crippen MR) is 61.7 cm³/mol. The molecule has 92 valence electrons. The molecule has 0 saturated carbocycles. The predicted octanol–water partition coefficient (Wildman–Crippen LogP) is 3.59. The summed E-state index contributed by atoms with van der Waals surface area (Å²) in [5.41, 5.74) is 0.770. The quantitative estimate of drug-likeness (QED) is 0.735. The standard InChI is InChI=1S/C13H14F2O2/c1-2-17-12(16)5-3-4-10-6-8-11(9-7-10)13(14)15/h3-4,6-9,13H,2,5H2,1H3. The van der Waals surface area contributed by atoms with Crippen molar-refractivity contribution in [2.75, 3.05) is 6.61 Å². The first kappa shape index (κ1) is 13.4. The molecule has 0 N–H and O–H groups in total. The first-order valence-corrected chi connectivity index (χ1v) is 5.33. The molecule has 0 aliphatic heterocycles. The molecule has 0 heterocycles. The molecule has 0 atom stereocenters. The number of benzene rings is 1. The van der Waals surface area contributed by atoms with E-state index in [4.69, 9.17) is 4.74 Å². The molecule has 0 spiro atoms. The van der Waals surface area contributed by atoms with E-state index in [2.05, 4.69) is 0 Å². The summed E-state index contributed by atoms with van der Waals surface area (Å²) in [5, 5.41) is 0. The molecule has 1 aromatic rings. The highest BCUT2D eigenvalue weighted by molar-refractivity contribution is 5.72. The van der Waals surface area contributed by atoms with Crippen LogP contribution in [0.1, 0.15) is 30.9 Å². The molecule has 1 rings (SSSR count). The summed E-state index contributed by atoms with van der Waals surface area (Å²) in [6.45, 7) is 2.10. The van der Waals surface area contributed by atoms with Gasteiger partial charge < -0.3 is 4.74 Å². The van der Waals surface area contributed by atoms with Crippen LogP contribution >= 0.6 is 0 Å². The molecular formula is C13H14F2O2. The number of esters is 1. The zero-order valence-electron chi connectivity index (χ0n) is 9.53. The molecule has 0 bridgehead atoms. The zero-order valence-corrected chi connectivity index (χ0v) is 9.53. The van der Waals surface area contributed by atoms with Gasteiger partial charge in [-0.05, 0) is 12.5 Å². The molecule has 2 nitrogen and oxygen atoms in total. The van der Waals surface area contributed by atoms with E-state index in [1.807, 2.05) is 0 Å². The number of hydrogen-bond donors (Lipinski definition) is 0. The third-order valence-electron chi connectivity index (χ3n) is 2.09. The lowest BCUT2D eigenvalue weighted by atomic mass is 10.1. The third kappa shape index (κ3) is 4.76. The van der Waals surface area contributed by atoms with Gasteiger partial charge in [0.25, 0.3) is 6.43 Å². The zero-order chi connectivity index (χ0) is 12.7. The van der Waals surface area contributed by atoms with Crippen molar-refractivity contribution in [3.63, 3.8) is 0 Å². The summed E-state index contributed by atoms with van der Waals surface area (Å²) >= 11 is 0. The van der Waals surface area contributed by atoms with Crippen molar-refractivity contribution >= 4 is 12.0 Å². The number of hydrogen-bond acceptors (Lipinski definition) is 2. The second kappa shape index (κ2) is 6.78. The minimum absolute atomic E-state index is 0.00690. The molecular weight excluding hydrogens is 226 g/mol. The number of halogens is 2. The van der Waals surface area contributed by atoms with Crippen LogP contribution in [0.25, 0.3) is 6.08 Å². The molecule has 0 saturated heterocycles. The van der Waals surface area contributed by atoms with E-state index in [1.54, 1.807) is 31.2 Å². The minimum Gasteiger partial charge on any atom is -0.466 e. The summed E-state index contributed by atoms with van der Waals surface area (Å²) in [6, 6.07) is 5.91. The van der Waals surface area contributed by atoms with Crippen LogP contribution in [0, 0.1) is 0 Å². The van der Waals surface area contributed by atoms with Crippen LogP contribution in [0.4, 0.5) is 8.78 Å². The van der Waals surface area contributed by atoms with Crippen molar-refractivity contribution in [1.29, 1.82) is 0 Å². The highest BCUT2D eigenvalue weighted by Crippen LogP contribution is 2.19. The summed E-state index contributed by atoms with van der Waals surface area (Å²) in [6.07, 6.45) is 1.08. The van der Waals surface area contributed by atoms with E-state index in [1.165, 1.54) is 12.1 Å². The number of carbonyl (C=O) groups excluding carboxylic acids is 1. The van der Waals surface area contributed by atoms with Gasteiger partial charge >= 0.3 is 5.97 Å². The second-order valence-corrected chi connectivity index (χ2v) is 3.38. The van der Waals surface area contributed by atoms with E-state index in [-0.39, 0.29) is 18.0 Å². The fourth-order valence-electron chi connectivity index (χ4n) is 1.26.